The van der Waals surface area contributed by atoms with E-state index < -0.39 is 0 Å². The molecule has 0 aromatic carbocycles. The van der Waals surface area contributed by atoms with Crippen LogP contribution in [0.1, 0.15) is 64.7 Å². The highest BCUT2D eigenvalue weighted by atomic mass is 16.2. The van der Waals surface area contributed by atoms with Gasteiger partial charge < -0.3 is 10.2 Å². The molecule has 3 fully saturated rings. The van der Waals surface area contributed by atoms with Gasteiger partial charge in [-0.3, -0.25) is 4.79 Å². The summed E-state index contributed by atoms with van der Waals surface area (Å²) in [5.74, 6) is 0.744. The molecule has 1 N–H and O–H groups in total. The molecule has 0 bridgehead atoms. The molecule has 3 heteroatoms. The minimum Gasteiger partial charge on any atom is -0.342 e. The van der Waals surface area contributed by atoms with Gasteiger partial charge in [0.2, 0.25) is 5.91 Å². The van der Waals surface area contributed by atoms with Gasteiger partial charge in [-0.05, 0) is 57.4 Å². The minimum absolute atomic E-state index is 0.282. The third-order valence-electron chi connectivity index (χ3n) is 5.86. The Labute approximate surface area is 123 Å². The quantitative estimate of drug-likeness (QED) is 0.800. The second-order valence-electron chi connectivity index (χ2n) is 7.50. The minimum atomic E-state index is 0.282. The van der Waals surface area contributed by atoms with Gasteiger partial charge in [-0.25, -0.2) is 0 Å². The van der Waals surface area contributed by atoms with Crippen LogP contribution in [-0.4, -0.2) is 36.5 Å². The maximum Gasteiger partial charge on any atom is 0.225 e. The molecule has 1 spiro atoms. The van der Waals surface area contributed by atoms with Crippen LogP contribution in [0.15, 0.2) is 0 Å². The van der Waals surface area contributed by atoms with E-state index in [4.69, 9.17) is 0 Å². The number of likely N-dealkylation sites (tertiary alicyclic amines) is 1. The van der Waals surface area contributed by atoms with Crippen LogP contribution in [0.2, 0.25) is 0 Å². The van der Waals surface area contributed by atoms with Crippen molar-refractivity contribution in [3.8, 4) is 0 Å². The number of amides is 1. The van der Waals surface area contributed by atoms with Crippen LogP contribution in [0, 0.1) is 11.3 Å². The van der Waals surface area contributed by atoms with Gasteiger partial charge in [0, 0.05) is 25.0 Å². The predicted octanol–water partition coefficient (Wildman–Crippen LogP) is 2.95. The van der Waals surface area contributed by atoms with E-state index in [0.717, 1.165) is 32.5 Å². The van der Waals surface area contributed by atoms with Crippen molar-refractivity contribution < 1.29 is 4.79 Å². The summed E-state index contributed by atoms with van der Waals surface area (Å²) in [4.78, 5) is 15.1. The van der Waals surface area contributed by atoms with Gasteiger partial charge in [0.25, 0.3) is 0 Å². The Hall–Kier alpha value is -0.570. The molecule has 0 aromatic heterocycles. The topological polar surface area (TPSA) is 32.3 Å². The number of hydrogen-bond donors (Lipinski definition) is 1. The molecule has 1 saturated carbocycles. The van der Waals surface area contributed by atoms with Crippen molar-refractivity contribution in [1.82, 2.24) is 10.2 Å². The predicted molar refractivity (Wildman–Crippen MR) is 81.5 cm³/mol. The van der Waals surface area contributed by atoms with Gasteiger partial charge in [0.15, 0.2) is 0 Å². The normalized spacial score (nSPS) is 34.1. The Morgan fingerprint density at radius 3 is 2.65 bits per heavy atom. The van der Waals surface area contributed by atoms with E-state index in [0.29, 0.717) is 17.4 Å². The van der Waals surface area contributed by atoms with Crippen LogP contribution in [0.3, 0.4) is 0 Å². The number of hydrogen-bond acceptors (Lipinski definition) is 2. The van der Waals surface area contributed by atoms with Gasteiger partial charge in [-0.15, -0.1) is 0 Å². The largest absolute Gasteiger partial charge is 0.342 e. The summed E-state index contributed by atoms with van der Waals surface area (Å²) in [6, 6.07) is 0.506. The smallest absolute Gasteiger partial charge is 0.225 e. The number of carbonyl (C=O) groups is 1. The molecule has 0 radical (unpaired) electrons. The lowest BCUT2D eigenvalue weighted by atomic mass is 9.69. The van der Waals surface area contributed by atoms with Crippen molar-refractivity contribution >= 4 is 5.91 Å². The maximum absolute atomic E-state index is 12.8. The molecule has 1 aliphatic carbocycles. The molecule has 3 aliphatic rings. The molecule has 0 aromatic rings. The molecule has 114 valence electrons. The summed E-state index contributed by atoms with van der Waals surface area (Å²) in [5, 5.41) is 3.46. The average molecular weight is 278 g/mol. The SMILES string of the molecule is C[C@H]1C[C@@H](C(=O)N2CCCC3(CCCCC3)C2)CCN1. The summed E-state index contributed by atoms with van der Waals surface area (Å²) in [6.45, 7) is 5.29. The zero-order chi connectivity index (χ0) is 14.0. The van der Waals surface area contributed by atoms with Gasteiger partial charge >= 0.3 is 0 Å². The van der Waals surface area contributed by atoms with Gasteiger partial charge in [-0.2, -0.15) is 0 Å². The fraction of sp³-hybridized carbons (Fsp3) is 0.941. The van der Waals surface area contributed by atoms with Crippen molar-refractivity contribution in [3.05, 3.63) is 0 Å². The Morgan fingerprint density at radius 2 is 1.90 bits per heavy atom. The molecule has 0 unspecified atom stereocenters. The first-order valence-corrected chi connectivity index (χ1v) is 8.71. The third-order valence-corrected chi connectivity index (χ3v) is 5.86. The molecule has 2 saturated heterocycles. The van der Waals surface area contributed by atoms with Crippen LogP contribution < -0.4 is 5.32 Å². The van der Waals surface area contributed by atoms with E-state index >= 15 is 0 Å². The summed E-state index contributed by atoms with van der Waals surface area (Å²) in [5.41, 5.74) is 0.491. The maximum atomic E-state index is 12.8. The van der Waals surface area contributed by atoms with E-state index in [1.54, 1.807) is 0 Å². The average Bonchev–Trinajstić information content (AvgIpc) is 2.47. The van der Waals surface area contributed by atoms with Crippen LogP contribution in [0.5, 0.6) is 0 Å². The second-order valence-corrected chi connectivity index (χ2v) is 7.50. The molecular formula is C17H30N2O. The number of nitrogens with zero attached hydrogens (tertiary/aromatic N) is 1. The Kier molecular flexibility index (Phi) is 4.34. The van der Waals surface area contributed by atoms with Crippen molar-refractivity contribution in [2.24, 2.45) is 11.3 Å². The Bertz CT molecular complexity index is 343. The standard InChI is InChI=1S/C17H30N2O/c1-14-12-15(6-10-18-14)16(20)19-11-5-9-17(13-19)7-3-2-4-8-17/h14-15,18H,2-13H2,1H3/t14-,15-/m0/s1. The summed E-state index contributed by atoms with van der Waals surface area (Å²) in [7, 11) is 0. The van der Waals surface area contributed by atoms with Crippen molar-refractivity contribution in [1.29, 1.82) is 0 Å². The number of piperidine rings is 2. The summed E-state index contributed by atoms with van der Waals surface area (Å²) >= 11 is 0. The zero-order valence-corrected chi connectivity index (χ0v) is 13.0. The number of carbonyl (C=O) groups excluding carboxylic acids is 1. The first-order valence-electron chi connectivity index (χ1n) is 8.71. The molecule has 1 amide bonds. The lowest BCUT2D eigenvalue weighted by Crippen LogP contribution is -2.50. The third kappa shape index (κ3) is 3.03. The van der Waals surface area contributed by atoms with Crippen LogP contribution in [0.25, 0.3) is 0 Å². The van der Waals surface area contributed by atoms with Crippen molar-refractivity contribution in [2.75, 3.05) is 19.6 Å². The summed E-state index contributed by atoms with van der Waals surface area (Å²) < 4.78 is 0. The fourth-order valence-electron chi connectivity index (χ4n) is 4.72. The number of nitrogens with one attached hydrogen (secondary N) is 1. The molecule has 3 rings (SSSR count). The lowest BCUT2D eigenvalue weighted by Gasteiger charge is -2.46. The molecule has 2 aliphatic heterocycles. The van der Waals surface area contributed by atoms with E-state index in [1.165, 1.54) is 44.9 Å². The molecule has 20 heavy (non-hydrogen) atoms. The van der Waals surface area contributed by atoms with Crippen molar-refractivity contribution in [3.63, 3.8) is 0 Å². The van der Waals surface area contributed by atoms with Crippen LogP contribution in [0.4, 0.5) is 0 Å². The van der Waals surface area contributed by atoms with E-state index in [1.807, 2.05) is 0 Å². The Morgan fingerprint density at radius 1 is 1.15 bits per heavy atom. The zero-order valence-electron chi connectivity index (χ0n) is 13.0. The number of rotatable bonds is 1. The van der Waals surface area contributed by atoms with Crippen LogP contribution in [-0.2, 0) is 4.79 Å². The first-order chi connectivity index (χ1) is 9.69. The molecular weight excluding hydrogens is 248 g/mol. The van der Waals surface area contributed by atoms with Crippen molar-refractivity contribution in [2.45, 2.75) is 70.8 Å². The monoisotopic (exact) mass is 278 g/mol. The van der Waals surface area contributed by atoms with Crippen LogP contribution >= 0.6 is 0 Å². The highest BCUT2D eigenvalue weighted by molar-refractivity contribution is 5.79. The fourth-order valence-corrected chi connectivity index (χ4v) is 4.72. The lowest BCUT2D eigenvalue weighted by molar-refractivity contribution is -0.141. The van der Waals surface area contributed by atoms with E-state index in [9.17, 15) is 4.79 Å². The van der Waals surface area contributed by atoms with E-state index in [2.05, 4.69) is 17.1 Å². The van der Waals surface area contributed by atoms with Gasteiger partial charge in [0.1, 0.15) is 0 Å². The highest BCUT2D eigenvalue weighted by Crippen LogP contribution is 2.43. The Balaban J connectivity index is 1.62. The van der Waals surface area contributed by atoms with Gasteiger partial charge in [0.05, 0.1) is 0 Å². The summed E-state index contributed by atoms with van der Waals surface area (Å²) in [6.07, 6.45) is 11.5. The molecule has 2 heterocycles. The first kappa shape index (κ1) is 14.4. The molecule has 2 atom stereocenters. The van der Waals surface area contributed by atoms with E-state index in [-0.39, 0.29) is 5.92 Å². The second kappa shape index (κ2) is 6.05. The highest BCUT2D eigenvalue weighted by Gasteiger charge is 2.39. The molecule has 3 nitrogen and oxygen atoms in total. The van der Waals surface area contributed by atoms with Gasteiger partial charge in [-0.1, -0.05) is 19.3 Å².